The van der Waals surface area contributed by atoms with Gasteiger partial charge in [-0.3, -0.25) is 4.79 Å². The first-order valence-corrected chi connectivity index (χ1v) is 6.97. The van der Waals surface area contributed by atoms with Crippen molar-refractivity contribution in [3.8, 4) is 5.75 Å². The Morgan fingerprint density at radius 1 is 1.30 bits per heavy atom. The maximum Gasteiger partial charge on any atom is 0.223 e. The lowest BCUT2D eigenvalue weighted by Gasteiger charge is -2.25. The molecule has 2 rings (SSSR count). The van der Waals surface area contributed by atoms with Gasteiger partial charge in [-0.1, -0.05) is 24.6 Å². The summed E-state index contributed by atoms with van der Waals surface area (Å²) in [6.07, 6.45) is 3.87. The first-order valence-electron chi connectivity index (χ1n) is 6.97. The van der Waals surface area contributed by atoms with E-state index in [1.54, 1.807) is 0 Å². The molecule has 2 unspecified atom stereocenters. The average Bonchev–Trinajstić information content (AvgIpc) is 2.44. The minimum atomic E-state index is 0. The zero-order chi connectivity index (χ0) is 13.5. The highest BCUT2D eigenvalue weighted by atomic mass is 35.5. The van der Waals surface area contributed by atoms with E-state index in [0.29, 0.717) is 13.2 Å². The quantitative estimate of drug-likeness (QED) is 0.819. The molecule has 112 valence electrons. The number of carbonyl (C=O) groups is 1. The van der Waals surface area contributed by atoms with Gasteiger partial charge < -0.3 is 15.8 Å². The van der Waals surface area contributed by atoms with E-state index in [1.165, 1.54) is 0 Å². The van der Waals surface area contributed by atoms with E-state index in [-0.39, 0.29) is 30.3 Å². The minimum Gasteiger partial charge on any atom is -0.492 e. The zero-order valence-corrected chi connectivity index (χ0v) is 12.4. The van der Waals surface area contributed by atoms with Crippen LogP contribution in [0.25, 0.3) is 0 Å². The molecule has 20 heavy (non-hydrogen) atoms. The third kappa shape index (κ3) is 5.39. The molecule has 5 heteroatoms. The number of halogens is 1. The molecule has 1 aliphatic carbocycles. The molecule has 1 fully saturated rings. The van der Waals surface area contributed by atoms with Crippen molar-refractivity contribution in [1.29, 1.82) is 0 Å². The van der Waals surface area contributed by atoms with Gasteiger partial charge in [-0.15, -0.1) is 12.4 Å². The fraction of sp³-hybridized carbons (Fsp3) is 0.533. The third-order valence-corrected chi connectivity index (χ3v) is 3.50. The fourth-order valence-electron chi connectivity index (χ4n) is 2.47. The zero-order valence-electron chi connectivity index (χ0n) is 11.6. The van der Waals surface area contributed by atoms with Crippen molar-refractivity contribution in [2.75, 3.05) is 13.2 Å². The van der Waals surface area contributed by atoms with Crippen LogP contribution in [0.5, 0.6) is 5.75 Å². The van der Waals surface area contributed by atoms with Gasteiger partial charge in [0, 0.05) is 12.0 Å². The number of nitrogens with two attached hydrogens (primary N) is 1. The van der Waals surface area contributed by atoms with Crippen molar-refractivity contribution in [2.45, 2.75) is 31.7 Å². The van der Waals surface area contributed by atoms with Crippen LogP contribution in [-0.2, 0) is 4.79 Å². The van der Waals surface area contributed by atoms with Crippen LogP contribution in [0.15, 0.2) is 30.3 Å². The Labute approximate surface area is 126 Å². The maximum atomic E-state index is 11.9. The molecule has 1 aromatic rings. The Bertz CT molecular complexity index is 400. The molecule has 2 atom stereocenters. The highest BCUT2D eigenvalue weighted by molar-refractivity contribution is 5.85. The maximum absolute atomic E-state index is 11.9. The molecule has 0 aromatic heterocycles. The molecule has 1 saturated carbocycles. The van der Waals surface area contributed by atoms with Crippen molar-refractivity contribution >= 4 is 18.3 Å². The molecule has 0 aliphatic heterocycles. The Balaban J connectivity index is 0.00000200. The fourth-order valence-corrected chi connectivity index (χ4v) is 2.47. The number of hydrogen-bond acceptors (Lipinski definition) is 3. The van der Waals surface area contributed by atoms with Crippen LogP contribution >= 0.6 is 12.4 Å². The standard InChI is InChI=1S/C15H22N2O2.ClH/c16-13-6-4-5-12(11-13)15(18)17-9-10-19-14-7-2-1-3-8-14;/h1-3,7-8,12-13H,4-6,9-11,16H2,(H,17,18);1H. The van der Waals surface area contributed by atoms with Crippen LogP contribution in [-0.4, -0.2) is 25.1 Å². The molecule has 0 bridgehead atoms. The first kappa shape index (κ1) is 16.8. The molecule has 4 nitrogen and oxygen atoms in total. The van der Waals surface area contributed by atoms with Crippen LogP contribution < -0.4 is 15.8 Å². The van der Waals surface area contributed by atoms with Gasteiger partial charge in [-0.05, 0) is 31.4 Å². The van der Waals surface area contributed by atoms with Crippen molar-refractivity contribution in [2.24, 2.45) is 11.7 Å². The van der Waals surface area contributed by atoms with E-state index in [4.69, 9.17) is 10.5 Å². The lowest BCUT2D eigenvalue weighted by atomic mass is 9.85. The van der Waals surface area contributed by atoms with Crippen molar-refractivity contribution in [3.05, 3.63) is 30.3 Å². The molecule has 1 aromatic carbocycles. The summed E-state index contributed by atoms with van der Waals surface area (Å²) in [7, 11) is 0. The number of rotatable bonds is 5. The summed E-state index contributed by atoms with van der Waals surface area (Å²) in [6, 6.07) is 9.80. The smallest absolute Gasteiger partial charge is 0.223 e. The van der Waals surface area contributed by atoms with Crippen molar-refractivity contribution < 1.29 is 9.53 Å². The highest BCUT2D eigenvalue weighted by Crippen LogP contribution is 2.22. The van der Waals surface area contributed by atoms with Crippen LogP contribution in [0.1, 0.15) is 25.7 Å². The van der Waals surface area contributed by atoms with Crippen LogP contribution in [0.3, 0.4) is 0 Å². The first-order chi connectivity index (χ1) is 9.25. The van der Waals surface area contributed by atoms with E-state index in [1.807, 2.05) is 30.3 Å². The van der Waals surface area contributed by atoms with E-state index >= 15 is 0 Å². The van der Waals surface area contributed by atoms with E-state index in [0.717, 1.165) is 31.4 Å². The van der Waals surface area contributed by atoms with Crippen LogP contribution in [0.4, 0.5) is 0 Å². The summed E-state index contributed by atoms with van der Waals surface area (Å²) in [5, 5.41) is 2.92. The largest absolute Gasteiger partial charge is 0.492 e. The van der Waals surface area contributed by atoms with Gasteiger partial charge >= 0.3 is 0 Å². The van der Waals surface area contributed by atoms with Gasteiger partial charge in [0.25, 0.3) is 0 Å². The Kier molecular flexibility index (Phi) is 7.41. The number of amides is 1. The summed E-state index contributed by atoms with van der Waals surface area (Å²) in [5.74, 6) is 1.03. The molecular weight excluding hydrogens is 276 g/mol. The molecular formula is C15H23ClN2O2. The Morgan fingerprint density at radius 2 is 2.05 bits per heavy atom. The Hall–Kier alpha value is -1.26. The lowest BCUT2D eigenvalue weighted by molar-refractivity contribution is -0.126. The van der Waals surface area contributed by atoms with E-state index < -0.39 is 0 Å². The van der Waals surface area contributed by atoms with Crippen molar-refractivity contribution in [1.82, 2.24) is 5.32 Å². The van der Waals surface area contributed by atoms with Gasteiger partial charge in [-0.2, -0.15) is 0 Å². The number of para-hydroxylation sites is 1. The average molecular weight is 299 g/mol. The minimum absolute atomic E-state index is 0. The summed E-state index contributed by atoms with van der Waals surface area (Å²) < 4.78 is 5.53. The van der Waals surface area contributed by atoms with E-state index in [2.05, 4.69) is 5.32 Å². The predicted molar refractivity (Wildman–Crippen MR) is 82.1 cm³/mol. The monoisotopic (exact) mass is 298 g/mol. The molecule has 1 aliphatic rings. The molecule has 0 spiro atoms. The van der Waals surface area contributed by atoms with Gasteiger partial charge in [0.1, 0.15) is 12.4 Å². The molecule has 3 N–H and O–H groups in total. The topological polar surface area (TPSA) is 64.4 Å². The second-order valence-corrected chi connectivity index (χ2v) is 5.08. The van der Waals surface area contributed by atoms with Crippen LogP contribution in [0.2, 0.25) is 0 Å². The van der Waals surface area contributed by atoms with Gasteiger partial charge in [0.05, 0.1) is 6.54 Å². The van der Waals surface area contributed by atoms with E-state index in [9.17, 15) is 4.79 Å². The number of hydrogen-bond donors (Lipinski definition) is 2. The third-order valence-electron chi connectivity index (χ3n) is 3.50. The SMILES string of the molecule is Cl.NC1CCCC(C(=O)NCCOc2ccccc2)C1. The van der Waals surface area contributed by atoms with Gasteiger partial charge in [0.15, 0.2) is 0 Å². The number of benzene rings is 1. The molecule has 0 heterocycles. The molecule has 0 saturated heterocycles. The highest BCUT2D eigenvalue weighted by Gasteiger charge is 2.24. The molecule has 1 amide bonds. The second kappa shape index (κ2) is 8.82. The summed E-state index contributed by atoms with van der Waals surface area (Å²) in [4.78, 5) is 11.9. The number of nitrogens with one attached hydrogen (secondary N) is 1. The number of ether oxygens (including phenoxy) is 1. The summed E-state index contributed by atoms with van der Waals surface area (Å²) >= 11 is 0. The van der Waals surface area contributed by atoms with Crippen LogP contribution in [0, 0.1) is 5.92 Å². The summed E-state index contributed by atoms with van der Waals surface area (Å²) in [5.41, 5.74) is 5.89. The Morgan fingerprint density at radius 3 is 2.75 bits per heavy atom. The predicted octanol–water partition coefficient (Wildman–Crippen LogP) is 2.12. The number of carbonyl (C=O) groups excluding carboxylic acids is 1. The molecule has 0 radical (unpaired) electrons. The lowest BCUT2D eigenvalue weighted by Crippen LogP contribution is -2.39. The van der Waals surface area contributed by atoms with Crippen molar-refractivity contribution in [3.63, 3.8) is 0 Å². The normalized spacial score (nSPS) is 21.6. The van der Waals surface area contributed by atoms with Gasteiger partial charge in [-0.25, -0.2) is 0 Å². The second-order valence-electron chi connectivity index (χ2n) is 5.08. The van der Waals surface area contributed by atoms with Gasteiger partial charge in [0.2, 0.25) is 5.91 Å². The summed E-state index contributed by atoms with van der Waals surface area (Å²) in [6.45, 7) is 1.04.